The number of esters is 1. The topological polar surface area (TPSA) is 55.7 Å². The van der Waals surface area contributed by atoms with E-state index in [-0.39, 0.29) is 12.2 Å². The Hall–Kier alpha value is -3.01. The van der Waals surface area contributed by atoms with E-state index < -0.39 is 12.0 Å². The van der Waals surface area contributed by atoms with Gasteiger partial charge in [0.15, 0.2) is 11.8 Å². The summed E-state index contributed by atoms with van der Waals surface area (Å²) in [6.45, 7) is 0. The largest absolute Gasteiger partial charge is 0.467 e. The van der Waals surface area contributed by atoms with Crippen LogP contribution in [0.1, 0.15) is 24.0 Å². The lowest BCUT2D eigenvalue weighted by atomic mass is 10.1. The van der Waals surface area contributed by atoms with Crippen molar-refractivity contribution in [3.8, 4) is 0 Å². The molecule has 0 saturated carbocycles. The van der Waals surface area contributed by atoms with Crippen LogP contribution in [0.25, 0.3) is 0 Å². The molecule has 0 radical (unpaired) electrons. The molecular weight excluding hydrogens is 326 g/mol. The second-order valence-corrected chi connectivity index (χ2v) is 5.82. The number of carbonyl (C=O) groups is 2. The molecular formula is C22H23NO3. The molecule has 134 valence electrons. The van der Waals surface area contributed by atoms with Crippen LogP contribution < -0.4 is 0 Å². The van der Waals surface area contributed by atoms with Gasteiger partial charge in [0.2, 0.25) is 0 Å². The molecule has 0 heterocycles. The van der Waals surface area contributed by atoms with Gasteiger partial charge in [-0.1, -0.05) is 66.7 Å². The van der Waals surface area contributed by atoms with Gasteiger partial charge in [-0.3, -0.25) is 9.79 Å². The van der Waals surface area contributed by atoms with Gasteiger partial charge in [-0.25, -0.2) is 4.79 Å². The zero-order valence-corrected chi connectivity index (χ0v) is 14.9. The summed E-state index contributed by atoms with van der Waals surface area (Å²) in [5.41, 5.74) is 2.09. The summed E-state index contributed by atoms with van der Waals surface area (Å²) < 4.78 is 4.76. The number of methoxy groups -OCH3 is 1. The Kier molecular flexibility index (Phi) is 8.00. The van der Waals surface area contributed by atoms with Gasteiger partial charge in [0, 0.05) is 12.6 Å². The fraction of sp³-hybridized carbons (Fsp3) is 0.227. The highest BCUT2D eigenvalue weighted by Gasteiger charge is 2.20. The smallest absolute Gasteiger partial charge is 0.331 e. The third-order valence-corrected chi connectivity index (χ3v) is 3.82. The van der Waals surface area contributed by atoms with Crippen molar-refractivity contribution < 1.29 is 14.3 Å². The van der Waals surface area contributed by atoms with E-state index in [1.54, 1.807) is 6.21 Å². The van der Waals surface area contributed by atoms with Gasteiger partial charge in [-0.15, -0.1) is 0 Å². The molecule has 4 nitrogen and oxygen atoms in total. The lowest BCUT2D eigenvalue weighted by Gasteiger charge is -2.08. The first-order chi connectivity index (χ1) is 12.7. The first-order valence-corrected chi connectivity index (χ1v) is 8.58. The van der Waals surface area contributed by atoms with Crippen LogP contribution in [0.5, 0.6) is 0 Å². The molecule has 0 N–H and O–H groups in total. The van der Waals surface area contributed by atoms with Crippen molar-refractivity contribution in [3.63, 3.8) is 0 Å². The minimum Gasteiger partial charge on any atom is -0.467 e. The lowest BCUT2D eigenvalue weighted by Crippen LogP contribution is -2.23. The standard InChI is InChI=1S/C22H23NO3/c1-26-22(25)21(23-17-19-13-6-3-7-14-19)16-20(24)15-9-8-12-18-10-4-2-5-11-18/h2-7,9-11,13-15,17,21H,8,12,16H2,1H3/b15-9+,23-17?/t21-/m0/s1. The molecule has 0 bridgehead atoms. The molecule has 26 heavy (non-hydrogen) atoms. The number of hydrogen-bond donors (Lipinski definition) is 0. The minimum absolute atomic E-state index is 0.00214. The third kappa shape index (κ3) is 6.85. The van der Waals surface area contributed by atoms with E-state index in [9.17, 15) is 9.59 Å². The number of nitrogens with zero attached hydrogens (tertiary/aromatic N) is 1. The molecule has 1 atom stereocenters. The second kappa shape index (κ2) is 10.8. The van der Waals surface area contributed by atoms with Gasteiger partial charge in [-0.2, -0.15) is 0 Å². The summed E-state index contributed by atoms with van der Waals surface area (Å²) >= 11 is 0. The van der Waals surface area contributed by atoms with E-state index in [1.807, 2.05) is 54.6 Å². The molecule has 0 aliphatic carbocycles. The quantitative estimate of drug-likeness (QED) is 0.393. The number of hydrogen-bond acceptors (Lipinski definition) is 4. The van der Waals surface area contributed by atoms with Crippen molar-refractivity contribution in [1.29, 1.82) is 0 Å². The number of benzene rings is 2. The number of carbonyl (C=O) groups excluding carboxylic acids is 2. The summed E-state index contributed by atoms with van der Waals surface area (Å²) in [6, 6.07) is 18.7. The Bertz CT molecular complexity index is 751. The van der Waals surface area contributed by atoms with Crippen molar-refractivity contribution in [2.45, 2.75) is 25.3 Å². The average Bonchev–Trinajstić information content (AvgIpc) is 2.69. The highest BCUT2D eigenvalue weighted by atomic mass is 16.5. The van der Waals surface area contributed by atoms with Crippen LogP contribution in [0.15, 0.2) is 77.8 Å². The number of aryl methyl sites for hydroxylation is 1. The minimum atomic E-state index is -0.827. The molecule has 0 aromatic heterocycles. The molecule has 0 unspecified atom stereocenters. The summed E-state index contributed by atoms with van der Waals surface area (Å²) in [4.78, 5) is 28.2. The maximum Gasteiger partial charge on any atom is 0.331 e. The van der Waals surface area contributed by atoms with Crippen LogP contribution in [0.2, 0.25) is 0 Å². The van der Waals surface area contributed by atoms with E-state index in [4.69, 9.17) is 4.74 Å². The zero-order valence-electron chi connectivity index (χ0n) is 14.9. The summed E-state index contributed by atoms with van der Waals surface area (Å²) in [6.07, 6.45) is 6.59. The van der Waals surface area contributed by atoms with Crippen molar-refractivity contribution in [3.05, 3.63) is 83.9 Å². The van der Waals surface area contributed by atoms with Crippen molar-refractivity contribution in [2.24, 2.45) is 4.99 Å². The summed E-state index contributed by atoms with van der Waals surface area (Å²) in [5, 5.41) is 0. The van der Waals surface area contributed by atoms with E-state index in [2.05, 4.69) is 17.1 Å². The van der Waals surface area contributed by atoms with E-state index in [0.717, 1.165) is 18.4 Å². The second-order valence-electron chi connectivity index (χ2n) is 5.82. The van der Waals surface area contributed by atoms with E-state index in [0.29, 0.717) is 0 Å². The van der Waals surface area contributed by atoms with Gasteiger partial charge in [0.1, 0.15) is 0 Å². The van der Waals surface area contributed by atoms with Gasteiger partial charge >= 0.3 is 5.97 Å². The molecule has 0 saturated heterocycles. The fourth-order valence-corrected chi connectivity index (χ4v) is 2.42. The normalized spacial score (nSPS) is 12.3. The average molecular weight is 349 g/mol. The zero-order chi connectivity index (χ0) is 18.6. The van der Waals surface area contributed by atoms with Gasteiger partial charge in [-0.05, 0) is 30.0 Å². The monoisotopic (exact) mass is 349 g/mol. The number of rotatable bonds is 9. The fourth-order valence-electron chi connectivity index (χ4n) is 2.42. The van der Waals surface area contributed by atoms with Gasteiger partial charge < -0.3 is 4.74 Å². The third-order valence-electron chi connectivity index (χ3n) is 3.82. The molecule has 0 aliphatic heterocycles. The Morgan fingerprint density at radius 1 is 1.04 bits per heavy atom. The van der Waals surface area contributed by atoms with E-state index in [1.165, 1.54) is 18.7 Å². The van der Waals surface area contributed by atoms with Crippen LogP contribution in [-0.2, 0) is 20.7 Å². The van der Waals surface area contributed by atoms with Crippen molar-refractivity contribution >= 4 is 18.0 Å². The van der Waals surface area contributed by atoms with Gasteiger partial charge in [0.25, 0.3) is 0 Å². The molecule has 0 amide bonds. The predicted molar refractivity (Wildman–Crippen MR) is 103 cm³/mol. The summed E-state index contributed by atoms with van der Waals surface area (Å²) in [7, 11) is 1.30. The molecule has 0 aliphatic rings. The Balaban J connectivity index is 1.88. The highest BCUT2D eigenvalue weighted by molar-refractivity contribution is 5.94. The molecule has 4 heteroatoms. The van der Waals surface area contributed by atoms with Crippen molar-refractivity contribution in [2.75, 3.05) is 7.11 Å². The highest BCUT2D eigenvalue weighted by Crippen LogP contribution is 2.06. The molecule has 2 aromatic carbocycles. The Labute approximate surface area is 154 Å². The first-order valence-electron chi connectivity index (χ1n) is 8.58. The van der Waals surface area contributed by atoms with Crippen LogP contribution in [-0.4, -0.2) is 31.1 Å². The van der Waals surface area contributed by atoms with Crippen LogP contribution >= 0.6 is 0 Å². The summed E-state index contributed by atoms with van der Waals surface area (Å²) in [5.74, 6) is -0.651. The van der Waals surface area contributed by atoms with Crippen LogP contribution in [0.4, 0.5) is 0 Å². The Morgan fingerprint density at radius 2 is 1.69 bits per heavy atom. The Morgan fingerprint density at radius 3 is 2.35 bits per heavy atom. The SMILES string of the molecule is COC(=O)[C@H](CC(=O)/C=C/CCc1ccccc1)N=Cc1ccccc1. The molecule has 2 aromatic rings. The number of ether oxygens (including phenoxy) is 1. The van der Waals surface area contributed by atoms with E-state index >= 15 is 0 Å². The lowest BCUT2D eigenvalue weighted by molar-refractivity contribution is -0.143. The molecule has 0 fully saturated rings. The van der Waals surface area contributed by atoms with Crippen molar-refractivity contribution in [1.82, 2.24) is 0 Å². The maximum absolute atomic E-state index is 12.1. The molecule has 0 spiro atoms. The first kappa shape index (κ1) is 19.3. The number of aliphatic imine (C=N–C) groups is 1. The van der Waals surface area contributed by atoms with Crippen LogP contribution in [0.3, 0.4) is 0 Å². The number of allylic oxidation sites excluding steroid dienone is 2. The molecule has 2 rings (SSSR count). The maximum atomic E-state index is 12.1. The van der Waals surface area contributed by atoms with Crippen LogP contribution in [0, 0.1) is 0 Å². The predicted octanol–water partition coefficient (Wildman–Crippen LogP) is 3.80. The number of ketones is 1. The van der Waals surface area contributed by atoms with Gasteiger partial charge in [0.05, 0.1) is 7.11 Å².